The van der Waals surface area contributed by atoms with E-state index >= 15 is 0 Å². The van der Waals surface area contributed by atoms with Crippen LogP contribution in [0.3, 0.4) is 0 Å². The van der Waals surface area contributed by atoms with E-state index in [1.807, 2.05) is 30.3 Å². The van der Waals surface area contributed by atoms with Crippen LogP contribution in [0, 0.1) is 0 Å². The van der Waals surface area contributed by atoms with E-state index in [-0.39, 0.29) is 11.6 Å². The van der Waals surface area contributed by atoms with E-state index in [9.17, 15) is 9.59 Å². The molecule has 1 aromatic heterocycles. The average Bonchev–Trinajstić information content (AvgIpc) is 3.41. The summed E-state index contributed by atoms with van der Waals surface area (Å²) in [6.07, 6.45) is 24.3. The highest BCUT2D eigenvalue weighted by atomic mass is 32.2. The lowest BCUT2D eigenvalue weighted by Crippen LogP contribution is -2.12. The number of thioether (sulfide) groups is 2. The molecular formula is C31H44N4O2S2. The summed E-state index contributed by atoms with van der Waals surface area (Å²) in [5.41, 5.74) is 0.800. The summed E-state index contributed by atoms with van der Waals surface area (Å²) in [5, 5.41) is 12.3. The molecule has 3 rings (SSSR count). The molecule has 0 atom stereocenters. The fraction of sp³-hybridized carbons (Fsp3) is 0.581. The van der Waals surface area contributed by atoms with Crippen LogP contribution >= 0.6 is 23.5 Å². The second-order valence-corrected chi connectivity index (χ2v) is 12.4. The Labute approximate surface area is 242 Å². The van der Waals surface area contributed by atoms with Crippen molar-refractivity contribution in [2.75, 3.05) is 5.75 Å². The molecule has 0 aliphatic heterocycles. The lowest BCUT2D eigenvalue weighted by Gasteiger charge is -2.12. The molecular weight excluding hydrogens is 525 g/mol. The highest BCUT2D eigenvalue weighted by Gasteiger charge is 2.25. The molecule has 0 saturated heterocycles. The Balaban J connectivity index is 1.24. The number of carbonyl (C=O) groups is 2. The van der Waals surface area contributed by atoms with Crippen molar-refractivity contribution in [3.8, 4) is 5.69 Å². The fourth-order valence-corrected chi connectivity index (χ4v) is 6.59. The third kappa shape index (κ3) is 11.8. The van der Waals surface area contributed by atoms with Gasteiger partial charge in [0.1, 0.15) is 0 Å². The smallest absolute Gasteiger partial charge is 0.219 e. The first-order valence-corrected chi connectivity index (χ1v) is 16.7. The van der Waals surface area contributed by atoms with Gasteiger partial charge in [-0.2, -0.15) is 4.68 Å². The maximum absolute atomic E-state index is 13.0. The molecule has 8 heteroatoms. The molecule has 0 spiro atoms. The lowest BCUT2D eigenvalue weighted by molar-refractivity contribution is -0.114. The molecule has 1 aliphatic carbocycles. The SMILES string of the molecule is CCCCCCCCCCCCCCCCCCSC1=CC(=O)C=C(Sc2nnnn2-c2ccccc2)C1=O. The second kappa shape index (κ2) is 19.0. The van der Waals surface area contributed by atoms with Crippen LogP contribution in [0.25, 0.3) is 5.69 Å². The number of unbranched alkanes of at least 4 members (excludes halogenated alkanes) is 15. The van der Waals surface area contributed by atoms with Gasteiger partial charge in [0.15, 0.2) is 5.78 Å². The number of tetrazole rings is 1. The fourth-order valence-electron chi connectivity index (χ4n) is 4.64. The molecule has 6 nitrogen and oxygen atoms in total. The standard InChI is InChI=1S/C31H44N4O2S2/c1-2-3-4-5-6-7-8-9-10-11-12-13-14-15-16-20-23-38-28-24-27(36)25-29(30(28)37)39-31-32-33-34-35(31)26-21-18-17-19-22-26/h17-19,21-22,24-25H,2-16,20,23H2,1H3. The zero-order chi connectivity index (χ0) is 27.5. The molecule has 0 unspecified atom stereocenters. The first-order chi connectivity index (χ1) is 19.2. The Bertz CT molecular complexity index is 1070. The van der Waals surface area contributed by atoms with E-state index in [4.69, 9.17) is 0 Å². The van der Waals surface area contributed by atoms with Crippen LogP contribution in [0.4, 0.5) is 0 Å². The number of rotatable bonds is 21. The third-order valence-corrected chi connectivity index (χ3v) is 8.96. The van der Waals surface area contributed by atoms with Gasteiger partial charge in [0.25, 0.3) is 0 Å². The Morgan fingerprint density at radius 1 is 0.692 bits per heavy atom. The van der Waals surface area contributed by atoms with Gasteiger partial charge in [-0.3, -0.25) is 9.59 Å². The number of aromatic nitrogens is 4. The molecule has 39 heavy (non-hydrogen) atoms. The number of allylic oxidation sites excluding steroid dienone is 4. The molecule has 1 heterocycles. The van der Waals surface area contributed by atoms with Gasteiger partial charge in [-0.25, -0.2) is 0 Å². The molecule has 0 bridgehead atoms. The van der Waals surface area contributed by atoms with Crippen LogP contribution in [0.15, 0.2) is 57.5 Å². The highest BCUT2D eigenvalue weighted by molar-refractivity contribution is 8.06. The predicted octanol–water partition coefficient (Wildman–Crippen LogP) is 8.67. The van der Waals surface area contributed by atoms with E-state index < -0.39 is 0 Å². The first kappa shape index (κ1) is 31.3. The molecule has 0 N–H and O–H groups in total. The normalized spacial score (nSPS) is 13.6. The van der Waals surface area contributed by atoms with Gasteiger partial charge in [-0.1, -0.05) is 121 Å². The number of Topliss-reactive ketones (excluding diaryl/α,β-unsaturated/α-hetero) is 1. The van der Waals surface area contributed by atoms with Crippen molar-refractivity contribution in [1.29, 1.82) is 0 Å². The Morgan fingerprint density at radius 2 is 1.23 bits per heavy atom. The number of nitrogens with zero attached hydrogens (tertiary/aromatic N) is 4. The number of para-hydroxylation sites is 1. The van der Waals surface area contributed by atoms with Crippen LogP contribution in [0.5, 0.6) is 0 Å². The molecule has 1 aliphatic rings. The van der Waals surface area contributed by atoms with Crippen molar-refractivity contribution < 1.29 is 9.59 Å². The van der Waals surface area contributed by atoms with Crippen LogP contribution in [0.1, 0.15) is 110 Å². The van der Waals surface area contributed by atoms with E-state index in [0.717, 1.165) is 29.6 Å². The number of hydrogen-bond donors (Lipinski definition) is 0. The number of ketones is 2. The first-order valence-electron chi connectivity index (χ1n) is 14.9. The summed E-state index contributed by atoms with van der Waals surface area (Å²) >= 11 is 2.63. The predicted molar refractivity (Wildman–Crippen MR) is 163 cm³/mol. The summed E-state index contributed by atoms with van der Waals surface area (Å²) in [7, 11) is 0. The monoisotopic (exact) mass is 568 g/mol. The van der Waals surface area contributed by atoms with Gasteiger partial charge in [-0.05, 0) is 46.5 Å². The number of hydrogen-bond acceptors (Lipinski definition) is 7. The summed E-state index contributed by atoms with van der Waals surface area (Å²) in [5.74, 6) is 0.567. The second-order valence-electron chi connectivity index (χ2n) is 10.2. The maximum Gasteiger partial charge on any atom is 0.219 e. The van der Waals surface area contributed by atoms with Gasteiger partial charge < -0.3 is 0 Å². The highest BCUT2D eigenvalue weighted by Crippen LogP contribution is 2.34. The van der Waals surface area contributed by atoms with Crippen LogP contribution in [-0.2, 0) is 9.59 Å². The molecule has 0 amide bonds. The van der Waals surface area contributed by atoms with Gasteiger partial charge >= 0.3 is 0 Å². The summed E-state index contributed by atoms with van der Waals surface area (Å²) in [6, 6.07) is 9.50. The Hall–Kier alpha value is -2.19. The van der Waals surface area contributed by atoms with E-state index in [1.165, 1.54) is 120 Å². The molecule has 1 aromatic carbocycles. The third-order valence-electron chi connectivity index (χ3n) is 6.89. The lowest BCUT2D eigenvalue weighted by atomic mass is 10.0. The van der Waals surface area contributed by atoms with Crippen LogP contribution in [0.2, 0.25) is 0 Å². The summed E-state index contributed by atoms with van der Waals surface area (Å²) in [4.78, 5) is 26.2. The van der Waals surface area contributed by atoms with Crippen molar-refractivity contribution in [2.45, 2.75) is 115 Å². The van der Waals surface area contributed by atoms with Crippen LogP contribution in [-0.4, -0.2) is 37.5 Å². The summed E-state index contributed by atoms with van der Waals surface area (Å²) in [6.45, 7) is 2.28. The van der Waals surface area contributed by atoms with Crippen molar-refractivity contribution >= 4 is 35.1 Å². The van der Waals surface area contributed by atoms with Gasteiger partial charge in [0.2, 0.25) is 10.9 Å². The zero-order valence-corrected chi connectivity index (χ0v) is 25.1. The van der Waals surface area contributed by atoms with Crippen LogP contribution < -0.4 is 0 Å². The van der Waals surface area contributed by atoms with E-state index in [1.54, 1.807) is 4.68 Å². The van der Waals surface area contributed by atoms with E-state index in [2.05, 4.69) is 22.4 Å². The quantitative estimate of drug-likeness (QED) is 0.110. The molecule has 2 aromatic rings. The summed E-state index contributed by atoms with van der Waals surface area (Å²) < 4.78 is 1.57. The topological polar surface area (TPSA) is 77.7 Å². The largest absolute Gasteiger partial charge is 0.290 e. The zero-order valence-electron chi connectivity index (χ0n) is 23.5. The van der Waals surface area contributed by atoms with Gasteiger partial charge in [0.05, 0.1) is 15.5 Å². The Kier molecular flexibility index (Phi) is 15.3. The van der Waals surface area contributed by atoms with E-state index in [0.29, 0.717) is 15.0 Å². The number of benzene rings is 1. The minimum absolute atomic E-state index is 0.122. The Morgan fingerprint density at radius 3 is 1.82 bits per heavy atom. The van der Waals surface area contributed by atoms with Crippen molar-refractivity contribution in [2.24, 2.45) is 0 Å². The van der Waals surface area contributed by atoms with Gasteiger partial charge in [0, 0.05) is 12.2 Å². The van der Waals surface area contributed by atoms with Gasteiger partial charge in [-0.15, -0.1) is 16.9 Å². The average molecular weight is 569 g/mol. The van der Waals surface area contributed by atoms with Crippen molar-refractivity contribution in [3.63, 3.8) is 0 Å². The minimum Gasteiger partial charge on any atom is -0.290 e. The van der Waals surface area contributed by atoms with Crippen molar-refractivity contribution in [1.82, 2.24) is 20.2 Å². The minimum atomic E-state index is -0.162. The number of carbonyl (C=O) groups excluding carboxylic acids is 2. The maximum atomic E-state index is 13.0. The molecule has 0 radical (unpaired) electrons. The molecule has 212 valence electrons. The molecule has 0 saturated carbocycles. The van der Waals surface area contributed by atoms with Crippen molar-refractivity contribution in [3.05, 3.63) is 52.3 Å². The molecule has 0 fully saturated rings.